The Morgan fingerprint density at radius 1 is 1.00 bits per heavy atom. The average molecular weight is 249 g/mol. The molecule has 2 nitrogen and oxygen atoms in total. The van der Waals surface area contributed by atoms with Gasteiger partial charge in [0.1, 0.15) is 0 Å². The first-order chi connectivity index (χ1) is 5.56. The van der Waals surface area contributed by atoms with Crippen LogP contribution in [0.3, 0.4) is 0 Å². The Morgan fingerprint density at radius 2 is 1.31 bits per heavy atom. The second kappa shape index (κ2) is 2.98. The maximum atomic E-state index is 5.86. The summed E-state index contributed by atoms with van der Waals surface area (Å²) in [6, 6.07) is 0. The minimum Gasteiger partial charge on any atom is -0.402 e. The van der Waals surface area contributed by atoms with Crippen LogP contribution in [0.5, 0.6) is 0 Å². The van der Waals surface area contributed by atoms with Crippen molar-refractivity contribution in [2.45, 2.75) is 57.0 Å². The van der Waals surface area contributed by atoms with Gasteiger partial charge in [-0.3, -0.25) is 0 Å². The Hall–Kier alpha value is 0.465. The molecule has 0 amide bonds. The van der Waals surface area contributed by atoms with Crippen LogP contribution in [-0.4, -0.2) is 22.5 Å². The zero-order valence-corrected chi connectivity index (χ0v) is 10.9. The van der Waals surface area contributed by atoms with Crippen molar-refractivity contribution in [2.24, 2.45) is 0 Å². The van der Waals surface area contributed by atoms with E-state index in [2.05, 4.69) is 57.5 Å². The van der Waals surface area contributed by atoms with Crippen molar-refractivity contribution in [3.8, 4) is 0 Å². The maximum Gasteiger partial charge on any atom is 0.475 e. The zero-order chi connectivity index (χ0) is 10.5. The molecule has 1 aliphatic rings. The highest BCUT2D eigenvalue weighted by molar-refractivity contribution is 9.10. The molecule has 1 saturated heterocycles. The van der Waals surface area contributed by atoms with Gasteiger partial charge in [0, 0.05) is 0 Å². The van der Waals surface area contributed by atoms with Crippen molar-refractivity contribution in [1.82, 2.24) is 0 Å². The summed E-state index contributed by atoms with van der Waals surface area (Å²) in [5.74, 6) is 0. The Kier molecular flexibility index (Phi) is 2.64. The van der Waals surface area contributed by atoms with Gasteiger partial charge >= 0.3 is 7.12 Å². The standard InChI is InChI=1S/C9H18BBrO2/c1-7(2)8(3,4)13-10(12-7)9(5,6)11/h1-6H3. The van der Waals surface area contributed by atoms with Crippen LogP contribution < -0.4 is 0 Å². The summed E-state index contributed by atoms with van der Waals surface area (Å²) in [7, 11) is -0.183. The fourth-order valence-corrected chi connectivity index (χ4v) is 1.31. The molecular formula is C9H18BBrO2. The Labute approximate surface area is 89.6 Å². The quantitative estimate of drug-likeness (QED) is 0.525. The third-order valence-electron chi connectivity index (χ3n) is 2.81. The van der Waals surface area contributed by atoms with Crippen LogP contribution in [0.15, 0.2) is 0 Å². The molecule has 76 valence electrons. The van der Waals surface area contributed by atoms with Crippen molar-refractivity contribution in [2.75, 3.05) is 0 Å². The molecule has 0 radical (unpaired) electrons. The van der Waals surface area contributed by atoms with Gasteiger partial charge in [-0.1, -0.05) is 29.8 Å². The van der Waals surface area contributed by atoms with E-state index in [4.69, 9.17) is 9.31 Å². The van der Waals surface area contributed by atoms with Crippen molar-refractivity contribution >= 4 is 23.0 Å². The second-order valence-corrected chi connectivity index (χ2v) is 7.20. The number of halogens is 1. The number of hydrogen-bond donors (Lipinski definition) is 0. The van der Waals surface area contributed by atoms with Gasteiger partial charge in [-0.15, -0.1) is 0 Å². The summed E-state index contributed by atoms with van der Waals surface area (Å²) in [6.45, 7) is 12.3. The molecular weight excluding hydrogens is 231 g/mol. The molecule has 0 bridgehead atoms. The van der Waals surface area contributed by atoms with E-state index in [9.17, 15) is 0 Å². The van der Waals surface area contributed by atoms with Crippen LogP contribution in [0.4, 0.5) is 0 Å². The molecule has 0 aromatic heterocycles. The predicted molar refractivity (Wildman–Crippen MR) is 59.1 cm³/mol. The first-order valence-corrected chi connectivity index (χ1v) is 5.40. The van der Waals surface area contributed by atoms with E-state index in [1.54, 1.807) is 0 Å². The zero-order valence-electron chi connectivity index (χ0n) is 9.27. The van der Waals surface area contributed by atoms with E-state index >= 15 is 0 Å². The lowest BCUT2D eigenvalue weighted by Gasteiger charge is -2.32. The molecule has 4 heteroatoms. The SMILES string of the molecule is CC(C)(Br)B1OC(C)(C)C(C)(C)O1. The Bertz CT molecular complexity index is 192. The van der Waals surface area contributed by atoms with Crippen molar-refractivity contribution in [3.05, 3.63) is 0 Å². The van der Waals surface area contributed by atoms with E-state index in [1.807, 2.05) is 0 Å². The van der Waals surface area contributed by atoms with Crippen LogP contribution in [0.1, 0.15) is 41.5 Å². The molecule has 0 aromatic carbocycles. The summed E-state index contributed by atoms with van der Waals surface area (Å²) in [6.07, 6.45) is 0. The number of rotatable bonds is 1. The lowest BCUT2D eigenvalue weighted by atomic mass is 9.74. The molecule has 13 heavy (non-hydrogen) atoms. The van der Waals surface area contributed by atoms with E-state index in [1.165, 1.54) is 0 Å². The van der Waals surface area contributed by atoms with Crippen LogP contribution >= 0.6 is 15.9 Å². The summed E-state index contributed by atoms with van der Waals surface area (Å²) in [4.78, 5) is 0. The fourth-order valence-electron chi connectivity index (χ4n) is 1.12. The summed E-state index contributed by atoms with van der Waals surface area (Å²) in [5, 5.41) is 0. The van der Waals surface area contributed by atoms with Crippen molar-refractivity contribution in [1.29, 1.82) is 0 Å². The van der Waals surface area contributed by atoms with E-state index in [0.29, 0.717) is 0 Å². The van der Waals surface area contributed by atoms with Gasteiger partial charge in [0.2, 0.25) is 0 Å². The third-order valence-corrected chi connectivity index (χ3v) is 3.19. The van der Waals surface area contributed by atoms with E-state index in [0.717, 1.165) is 0 Å². The van der Waals surface area contributed by atoms with E-state index in [-0.39, 0.29) is 22.5 Å². The van der Waals surface area contributed by atoms with Crippen LogP contribution in [0.25, 0.3) is 0 Å². The molecule has 0 unspecified atom stereocenters. The molecule has 0 atom stereocenters. The first kappa shape index (κ1) is 11.5. The Morgan fingerprint density at radius 3 is 1.46 bits per heavy atom. The molecule has 1 aliphatic heterocycles. The van der Waals surface area contributed by atoms with Gasteiger partial charge in [-0.05, 0) is 27.7 Å². The first-order valence-electron chi connectivity index (χ1n) is 4.61. The van der Waals surface area contributed by atoms with Gasteiger partial charge in [-0.25, -0.2) is 0 Å². The second-order valence-electron chi connectivity index (χ2n) is 5.15. The number of alkyl halides is 1. The molecule has 0 aromatic rings. The van der Waals surface area contributed by atoms with Crippen LogP contribution in [-0.2, 0) is 9.31 Å². The van der Waals surface area contributed by atoms with E-state index < -0.39 is 0 Å². The molecule has 0 N–H and O–H groups in total. The van der Waals surface area contributed by atoms with Crippen LogP contribution in [0.2, 0.25) is 0 Å². The topological polar surface area (TPSA) is 18.5 Å². The number of hydrogen-bond acceptors (Lipinski definition) is 2. The molecule has 0 saturated carbocycles. The molecule has 0 spiro atoms. The normalized spacial score (nSPS) is 26.5. The maximum absolute atomic E-state index is 5.86. The lowest BCUT2D eigenvalue weighted by molar-refractivity contribution is 0.00578. The minimum absolute atomic E-state index is 0.141. The third kappa shape index (κ3) is 2.11. The smallest absolute Gasteiger partial charge is 0.402 e. The van der Waals surface area contributed by atoms with Gasteiger partial charge in [0.15, 0.2) is 0 Å². The minimum atomic E-state index is -0.233. The van der Waals surface area contributed by atoms with Gasteiger partial charge in [-0.2, -0.15) is 0 Å². The van der Waals surface area contributed by atoms with Gasteiger partial charge in [0.05, 0.1) is 15.4 Å². The van der Waals surface area contributed by atoms with Crippen LogP contribution in [0, 0.1) is 0 Å². The predicted octanol–water partition coefficient (Wildman–Crippen LogP) is 2.79. The van der Waals surface area contributed by atoms with Crippen molar-refractivity contribution in [3.63, 3.8) is 0 Å². The molecule has 1 heterocycles. The molecule has 1 fully saturated rings. The monoisotopic (exact) mass is 248 g/mol. The van der Waals surface area contributed by atoms with Gasteiger partial charge < -0.3 is 9.31 Å². The highest BCUT2D eigenvalue weighted by Crippen LogP contribution is 2.41. The van der Waals surface area contributed by atoms with Crippen molar-refractivity contribution < 1.29 is 9.31 Å². The average Bonchev–Trinajstić information content (AvgIpc) is 2.00. The lowest BCUT2D eigenvalue weighted by Crippen LogP contribution is -2.41. The highest BCUT2D eigenvalue weighted by Gasteiger charge is 2.55. The summed E-state index contributed by atoms with van der Waals surface area (Å²) < 4.78 is 11.6. The Balaban J connectivity index is 2.83. The fraction of sp³-hybridized carbons (Fsp3) is 1.00. The summed E-state index contributed by atoms with van der Waals surface area (Å²) in [5.41, 5.74) is -0.467. The molecule has 0 aliphatic carbocycles. The van der Waals surface area contributed by atoms with Gasteiger partial charge in [0.25, 0.3) is 0 Å². The largest absolute Gasteiger partial charge is 0.475 e. The molecule has 1 rings (SSSR count). The summed E-state index contributed by atoms with van der Waals surface area (Å²) >= 11 is 3.56. The highest BCUT2D eigenvalue weighted by atomic mass is 79.9.